The molecular weight excluding hydrogens is 273 g/mol. The molecule has 4 heteroatoms. The molecule has 0 heterocycles. The van der Waals surface area contributed by atoms with Crippen LogP contribution < -0.4 is 5.32 Å². The summed E-state index contributed by atoms with van der Waals surface area (Å²) in [7, 11) is 1.68. The van der Waals surface area contributed by atoms with Crippen molar-refractivity contribution in [1.82, 2.24) is 5.32 Å². The van der Waals surface area contributed by atoms with E-state index in [0.29, 0.717) is 17.6 Å². The van der Waals surface area contributed by atoms with E-state index in [0.717, 1.165) is 5.56 Å². The molecule has 0 atom stereocenters. The number of rotatable bonds is 5. The van der Waals surface area contributed by atoms with Crippen molar-refractivity contribution < 1.29 is 9.13 Å². The number of hydrogen-bond donors (Lipinski definition) is 1. The van der Waals surface area contributed by atoms with Crippen molar-refractivity contribution in [3.8, 4) is 0 Å². The van der Waals surface area contributed by atoms with Gasteiger partial charge in [-0.2, -0.15) is 0 Å². The molecule has 0 aromatic heterocycles. The highest BCUT2D eigenvalue weighted by atomic mass is 79.9. The summed E-state index contributed by atoms with van der Waals surface area (Å²) in [5.41, 5.74) is 0.701. The van der Waals surface area contributed by atoms with Crippen molar-refractivity contribution in [1.29, 1.82) is 0 Å². The van der Waals surface area contributed by atoms with Crippen LogP contribution in [0.3, 0.4) is 0 Å². The van der Waals surface area contributed by atoms with Gasteiger partial charge in [0.25, 0.3) is 0 Å². The van der Waals surface area contributed by atoms with Crippen LogP contribution >= 0.6 is 15.9 Å². The normalized spacial score (nSPS) is 11.8. The summed E-state index contributed by atoms with van der Waals surface area (Å²) in [6, 6.07) is 5.03. The summed E-state index contributed by atoms with van der Waals surface area (Å²) in [5.74, 6) is -0.231. The maximum Gasteiger partial charge on any atom is 0.137 e. The number of ether oxygens (including phenoxy) is 1. The van der Waals surface area contributed by atoms with E-state index in [2.05, 4.69) is 21.2 Å². The van der Waals surface area contributed by atoms with Crippen LogP contribution in [-0.4, -0.2) is 19.3 Å². The van der Waals surface area contributed by atoms with E-state index in [1.165, 1.54) is 6.07 Å². The lowest BCUT2D eigenvalue weighted by Crippen LogP contribution is -2.36. The molecule has 1 aromatic carbocycles. The van der Waals surface area contributed by atoms with Crippen molar-refractivity contribution in [2.45, 2.75) is 26.0 Å². The van der Waals surface area contributed by atoms with E-state index in [1.54, 1.807) is 13.2 Å². The lowest BCUT2D eigenvalue weighted by molar-refractivity contribution is 0.0230. The third kappa shape index (κ3) is 3.85. The Morgan fingerprint density at radius 2 is 2.12 bits per heavy atom. The summed E-state index contributed by atoms with van der Waals surface area (Å²) in [4.78, 5) is 0. The van der Waals surface area contributed by atoms with Gasteiger partial charge < -0.3 is 10.1 Å². The molecule has 0 aliphatic rings. The second kappa shape index (κ2) is 5.75. The lowest BCUT2D eigenvalue weighted by Gasteiger charge is -2.23. The highest BCUT2D eigenvalue weighted by Gasteiger charge is 2.15. The van der Waals surface area contributed by atoms with E-state index >= 15 is 0 Å². The molecular formula is C12H17BrFNO. The van der Waals surface area contributed by atoms with Gasteiger partial charge >= 0.3 is 0 Å². The zero-order valence-electron chi connectivity index (χ0n) is 9.81. The fourth-order valence-corrected chi connectivity index (χ4v) is 1.66. The van der Waals surface area contributed by atoms with E-state index in [1.807, 2.05) is 19.9 Å². The summed E-state index contributed by atoms with van der Waals surface area (Å²) in [5, 5.41) is 3.24. The summed E-state index contributed by atoms with van der Waals surface area (Å²) >= 11 is 3.23. The smallest absolute Gasteiger partial charge is 0.137 e. The molecule has 16 heavy (non-hydrogen) atoms. The third-order valence-corrected chi connectivity index (χ3v) is 3.34. The number of methoxy groups -OCH3 is 1. The molecule has 1 aromatic rings. The molecule has 0 fully saturated rings. The van der Waals surface area contributed by atoms with Gasteiger partial charge in [-0.3, -0.25) is 0 Å². The van der Waals surface area contributed by atoms with Gasteiger partial charge in [-0.15, -0.1) is 0 Å². The molecule has 0 amide bonds. The highest BCUT2D eigenvalue weighted by molar-refractivity contribution is 9.10. The Kier molecular flexibility index (Phi) is 4.89. The van der Waals surface area contributed by atoms with Crippen molar-refractivity contribution in [2.75, 3.05) is 13.7 Å². The minimum Gasteiger partial charge on any atom is -0.377 e. The van der Waals surface area contributed by atoms with Gasteiger partial charge in [-0.1, -0.05) is 12.1 Å². The molecule has 0 saturated heterocycles. The molecule has 0 unspecified atom stereocenters. The molecule has 0 saturated carbocycles. The minimum atomic E-state index is -0.231. The van der Waals surface area contributed by atoms with Gasteiger partial charge in [0.1, 0.15) is 5.82 Å². The van der Waals surface area contributed by atoms with Crippen LogP contribution in [0.5, 0.6) is 0 Å². The summed E-state index contributed by atoms with van der Waals surface area (Å²) in [6.45, 7) is 5.33. The molecule has 0 bridgehead atoms. The summed E-state index contributed by atoms with van der Waals surface area (Å²) < 4.78 is 19.0. The van der Waals surface area contributed by atoms with Gasteiger partial charge in [-0.25, -0.2) is 4.39 Å². The molecule has 1 N–H and O–H groups in total. The first-order valence-electron chi connectivity index (χ1n) is 5.15. The van der Waals surface area contributed by atoms with Crippen molar-refractivity contribution >= 4 is 15.9 Å². The Labute approximate surface area is 104 Å². The van der Waals surface area contributed by atoms with Gasteiger partial charge in [0.05, 0.1) is 10.1 Å². The molecule has 1 rings (SSSR count). The number of halogens is 2. The average molecular weight is 290 g/mol. The van der Waals surface area contributed by atoms with E-state index in [-0.39, 0.29) is 11.4 Å². The second-order valence-electron chi connectivity index (χ2n) is 4.28. The maximum atomic E-state index is 13.2. The maximum absolute atomic E-state index is 13.2. The zero-order valence-corrected chi connectivity index (χ0v) is 11.4. The first kappa shape index (κ1) is 13.6. The lowest BCUT2D eigenvalue weighted by atomic mass is 10.1. The van der Waals surface area contributed by atoms with Gasteiger partial charge in [0.15, 0.2) is 0 Å². The standard InChI is InChI=1S/C12H17BrFNO/c1-12(2,16-3)8-15-7-9-5-4-6-10(14)11(9)13/h4-6,15H,7-8H2,1-3H3. The monoisotopic (exact) mass is 289 g/mol. The second-order valence-corrected chi connectivity index (χ2v) is 5.07. The predicted octanol–water partition coefficient (Wildman–Crippen LogP) is 3.10. The van der Waals surface area contributed by atoms with E-state index < -0.39 is 0 Å². The zero-order chi connectivity index (χ0) is 12.2. The van der Waals surface area contributed by atoms with Crippen LogP contribution in [0.1, 0.15) is 19.4 Å². The first-order valence-corrected chi connectivity index (χ1v) is 5.94. The van der Waals surface area contributed by atoms with Gasteiger partial charge in [-0.05, 0) is 41.4 Å². The average Bonchev–Trinajstić information content (AvgIpc) is 2.24. The topological polar surface area (TPSA) is 21.3 Å². The van der Waals surface area contributed by atoms with Crippen LogP contribution in [0.2, 0.25) is 0 Å². The van der Waals surface area contributed by atoms with Crippen molar-refractivity contribution in [3.63, 3.8) is 0 Å². The number of hydrogen-bond acceptors (Lipinski definition) is 2. The molecule has 0 radical (unpaired) electrons. The fraction of sp³-hybridized carbons (Fsp3) is 0.500. The van der Waals surface area contributed by atoms with Crippen LogP contribution in [0.4, 0.5) is 4.39 Å². The van der Waals surface area contributed by atoms with Gasteiger partial charge in [0.2, 0.25) is 0 Å². The third-order valence-electron chi connectivity index (χ3n) is 2.45. The van der Waals surface area contributed by atoms with Crippen LogP contribution in [0, 0.1) is 5.82 Å². The van der Waals surface area contributed by atoms with E-state index in [4.69, 9.17) is 4.74 Å². The molecule has 2 nitrogen and oxygen atoms in total. The highest BCUT2D eigenvalue weighted by Crippen LogP contribution is 2.20. The number of benzene rings is 1. The first-order chi connectivity index (χ1) is 7.46. The number of nitrogens with one attached hydrogen (secondary N) is 1. The van der Waals surface area contributed by atoms with Crippen LogP contribution in [0.25, 0.3) is 0 Å². The Morgan fingerprint density at radius 3 is 2.75 bits per heavy atom. The van der Waals surface area contributed by atoms with Crippen LogP contribution in [0.15, 0.2) is 22.7 Å². The largest absolute Gasteiger partial charge is 0.377 e. The molecule has 0 aliphatic carbocycles. The summed E-state index contributed by atoms with van der Waals surface area (Å²) in [6.07, 6.45) is 0. The molecule has 0 aliphatic heterocycles. The van der Waals surface area contributed by atoms with Gasteiger partial charge in [0, 0.05) is 20.2 Å². The Balaban J connectivity index is 2.53. The predicted molar refractivity (Wildman–Crippen MR) is 66.9 cm³/mol. The van der Waals surface area contributed by atoms with Crippen molar-refractivity contribution in [3.05, 3.63) is 34.1 Å². The Hall–Kier alpha value is -0.450. The molecule has 90 valence electrons. The van der Waals surface area contributed by atoms with Crippen LogP contribution in [-0.2, 0) is 11.3 Å². The minimum absolute atomic E-state index is 0.209. The van der Waals surface area contributed by atoms with Crippen molar-refractivity contribution in [2.24, 2.45) is 0 Å². The van der Waals surface area contributed by atoms with E-state index in [9.17, 15) is 4.39 Å². The molecule has 0 spiro atoms. The fourth-order valence-electron chi connectivity index (χ4n) is 1.26. The SMILES string of the molecule is COC(C)(C)CNCc1cccc(F)c1Br. The quantitative estimate of drug-likeness (QED) is 0.899. The Morgan fingerprint density at radius 1 is 1.44 bits per heavy atom. The Bertz CT molecular complexity index is 355.